The predicted octanol–water partition coefficient (Wildman–Crippen LogP) is 0.614. The lowest BCUT2D eigenvalue weighted by Crippen LogP contribution is -2.57. The molecule has 6 nitrogen and oxygen atoms in total. The minimum Gasteiger partial charge on any atom is -0.375 e. The molecule has 0 aromatic heterocycles. The van der Waals surface area contributed by atoms with Crippen molar-refractivity contribution in [3.63, 3.8) is 0 Å². The van der Waals surface area contributed by atoms with E-state index < -0.39 is 0 Å². The molecule has 2 atom stereocenters. The van der Waals surface area contributed by atoms with Crippen LogP contribution in [0.25, 0.3) is 0 Å². The fourth-order valence-electron chi connectivity index (χ4n) is 3.84. The summed E-state index contributed by atoms with van der Waals surface area (Å²) in [7, 11) is 0. The van der Waals surface area contributed by atoms with Crippen LogP contribution in [0.2, 0.25) is 0 Å². The lowest BCUT2D eigenvalue weighted by molar-refractivity contribution is -0.136. The topological polar surface area (TPSA) is 70.7 Å². The number of hydrogen-bond donors (Lipinski definition) is 2. The monoisotopic (exact) mass is 355 g/mol. The molecule has 1 saturated carbocycles. The Hall–Kier alpha value is -0.790. The molecule has 3 fully saturated rings. The number of ether oxygens (including phenoxy) is 1. The van der Waals surface area contributed by atoms with E-state index in [0.717, 1.165) is 56.8 Å². The molecule has 3 rings (SSSR count). The highest BCUT2D eigenvalue weighted by Crippen LogP contribution is 2.27. The molecule has 1 aliphatic carbocycles. The molecular formula is C17H29N3O3S. The van der Waals surface area contributed by atoms with Crippen molar-refractivity contribution in [1.29, 1.82) is 0 Å². The summed E-state index contributed by atoms with van der Waals surface area (Å²) in [6.45, 7) is 5.10. The van der Waals surface area contributed by atoms with Gasteiger partial charge in [-0.15, -0.1) is 0 Å². The van der Waals surface area contributed by atoms with Gasteiger partial charge in [-0.05, 0) is 32.6 Å². The van der Waals surface area contributed by atoms with E-state index in [4.69, 9.17) is 4.74 Å². The van der Waals surface area contributed by atoms with Crippen LogP contribution in [-0.4, -0.2) is 72.6 Å². The highest BCUT2D eigenvalue weighted by Gasteiger charge is 2.33. The zero-order chi connectivity index (χ0) is 16.9. The molecule has 0 aromatic rings. The average Bonchev–Trinajstić information content (AvgIpc) is 2.63. The van der Waals surface area contributed by atoms with Crippen molar-refractivity contribution in [1.82, 2.24) is 15.5 Å². The number of thioether (sulfide) groups is 1. The molecule has 3 aliphatic rings. The number of carbonyl (C=O) groups is 2. The summed E-state index contributed by atoms with van der Waals surface area (Å²) in [4.78, 5) is 27.0. The van der Waals surface area contributed by atoms with Gasteiger partial charge in [0.2, 0.25) is 11.8 Å². The van der Waals surface area contributed by atoms with E-state index >= 15 is 0 Å². The third kappa shape index (κ3) is 4.43. The van der Waals surface area contributed by atoms with Crippen LogP contribution in [-0.2, 0) is 14.3 Å². The summed E-state index contributed by atoms with van der Waals surface area (Å²) in [6.07, 6.45) is 3.47. The summed E-state index contributed by atoms with van der Waals surface area (Å²) < 4.78 is 5.54. The van der Waals surface area contributed by atoms with Gasteiger partial charge in [-0.1, -0.05) is 0 Å². The predicted molar refractivity (Wildman–Crippen MR) is 95.0 cm³/mol. The van der Waals surface area contributed by atoms with Crippen LogP contribution in [0.4, 0.5) is 0 Å². The average molecular weight is 356 g/mol. The molecule has 0 bridgehead atoms. The lowest BCUT2D eigenvalue weighted by atomic mass is 9.85. The van der Waals surface area contributed by atoms with Crippen molar-refractivity contribution in [2.75, 3.05) is 37.7 Å². The molecule has 24 heavy (non-hydrogen) atoms. The van der Waals surface area contributed by atoms with Gasteiger partial charge in [-0.25, -0.2) is 0 Å². The quantitative estimate of drug-likeness (QED) is 0.776. The number of rotatable bonds is 3. The first-order valence-electron chi connectivity index (χ1n) is 9.17. The lowest BCUT2D eigenvalue weighted by Gasteiger charge is -2.35. The summed E-state index contributed by atoms with van der Waals surface area (Å²) in [5.74, 6) is 2.63. The van der Waals surface area contributed by atoms with Crippen molar-refractivity contribution in [3.8, 4) is 0 Å². The fourth-order valence-corrected chi connectivity index (χ4v) is 4.75. The number of carbonyl (C=O) groups excluding carboxylic acids is 2. The first-order valence-corrected chi connectivity index (χ1v) is 10.3. The van der Waals surface area contributed by atoms with Gasteiger partial charge >= 0.3 is 0 Å². The molecule has 136 valence electrons. The van der Waals surface area contributed by atoms with E-state index in [-0.39, 0.29) is 30.0 Å². The van der Waals surface area contributed by atoms with Crippen molar-refractivity contribution in [2.45, 2.75) is 50.8 Å². The Morgan fingerprint density at radius 1 is 1.17 bits per heavy atom. The Morgan fingerprint density at radius 3 is 2.54 bits per heavy atom. The molecule has 2 heterocycles. The van der Waals surface area contributed by atoms with Gasteiger partial charge in [0.1, 0.15) is 6.04 Å². The van der Waals surface area contributed by atoms with E-state index in [9.17, 15) is 9.59 Å². The Labute approximate surface area is 148 Å². The Kier molecular flexibility index (Phi) is 6.41. The van der Waals surface area contributed by atoms with Crippen LogP contribution in [0.1, 0.15) is 32.6 Å². The number of amides is 2. The van der Waals surface area contributed by atoms with Gasteiger partial charge in [0.25, 0.3) is 0 Å². The normalized spacial score (nSPS) is 34.6. The minimum atomic E-state index is -0.260. The van der Waals surface area contributed by atoms with E-state index in [1.807, 2.05) is 23.6 Å². The Bertz CT molecular complexity index is 448. The summed E-state index contributed by atoms with van der Waals surface area (Å²) >= 11 is 1.93. The third-order valence-electron chi connectivity index (χ3n) is 5.34. The van der Waals surface area contributed by atoms with Crippen LogP contribution in [0.5, 0.6) is 0 Å². The molecule has 0 radical (unpaired) electrons. The maximum atomic E-state index is 12.6. The molecule has 0 aromatic carbocycles. The van der Waals surface area contributed by atoms with Crippen LogP contribution in [0.3, 0.4) is 0 Å². The zero-order valence-electron chi connectivity index (χ0n) is 14.5. The Balaban J connectivity index is 1.43. The summed E-state index contributed by atoms with van der Waals surface area (Å²) in [5.41, 5.74) is 0. The maximum Gasteiger partial charge on any atom is 0.240 e. The fraction of sp³-hybridized carbons (Fsp3) is 0.882. The second-order valence-corrected chi connectivity index (χ2v) is 8.23. The first-order chi connectivity index (χ1) is 11.6. The SMILES string of the molecule is C[C@H]1OCCN[C@@H]1C(=O)NC1CCC(C(=O)N2CCSCC2)CC1. The smallest absolute Gasteiger partial charge is 0.240 e. The molecule has 2 saturated heterocycles. The number of nitrogens with one attached hydrogen (secondary N) is 2. The van der Waals surface area contributed by atoms with E-state index in [1.54, 1.807) is 0 Å². The zero-order valence-corrected chi connectivity index (χ0v) is 15.3. The highest BCUT2D eigenvalue weighted by atomic mass is 32.2. The van der Waals surface area contributed by atoms with E-state index in [1.165, 1.54) is 0 Å². The molecular weight excluding hydrogens is 326 g/mol. The van der Waals surface area contributed by atoms with Crippen LogP contribution < -0.4 is 10.6 Å². The summed E-state index contributed by atoms with van der Waals surface area (Å²) in [6, 6.07) is -0.0710. The highest BCUT2D eigenvalue weighted by molar-refractivity contribution is 7.99. The molecule has 2 amide bonds. The molecule has 0 spiro atoms. The standard InChI is InChI=1S/C17H29N3O3S/c1-12-15(18-6-9-23-12)16(21)19-14-4-2-13(3-5-14)17(22)20-7-10-24-11-8-20/h12-15,18H,2-11H2,1H3,(H,19,21)/t12-,13?,14?,15+/m1/s1. The second kappa shape index (κ2) is 8.54. The van der Waals surface area contributed by atoms with Crippen LogP contribution in [0.15, 0.2) is 0 Å². The van der Waals surface area contributed by atoms with Crippen molar-refractivity contribution < 1.29 is 14.3 Å². The van der Waals surface area contributed by atoms with Gasteiger partial charge in [0.15, 0.2) is 0 Å². The van der Waals surface area contributed by atoms with Gasteiger partial charge in [-0.3, -0.25) is 9.59 Å². The largest absolute Gasteiger partial charge is 0.375 e. The number of hydrogen-bond acceptors (Lipinski definition) is 5. The Morgan fingerprint density at radius 2 is 1.88 bits per heavy atom. The van der Waals surface area contributed by atoms with Crippen LogP contribution in [0, 0.1) is 5.92 Å². The number of morpholine rings is 1. The molecule has 2 N–H and O–H groups in total. The maximum absolute atomic E-state index is 12.6. The van der Waals surface area contributed by atoms with Gasteiger partial charge in [-0.2, -0.15) is 11.8 Å². The minimum absolute atomic E-state index is 0.0324. The van der Waals surface area contributed by atoms with Crippen LogP contribution >= 0.6 is 11.8 Å². The third-order valence-corrected chi connectivity index (χ3v) is 6.29. The second-order valence-electron chi connectivity index (χ2n) is 7.00. The van der Waals surface area contributed by atoms with Crippen molar-refractivity contribution in [3.05, 3.63) is 0 Å². The number of nitrogens with zero attached hydrogens (tertiary/aromatic N) is 1. The van der Waals surface area contributed by atoms with Gasteiger partial charge in [0, 0.05) is 43.1 Å². The van der Waals surface area contributed by atoms with Crippen molar-refractivity contribution in [2.24, 2.45) is 5.92 Å². The van der Waals surface area contributed by atoms with E-state index in [0.29, 0.717) is 12.5 Å². The van der Waals surface area contributed by atoms with E-state index in [2.05, 4.69) is 10.6 Å². The first kappa shape index (κ1) is 18.0. The molecule has 2 aliphatic heterocycles. The summed E-state index contributed by atoms with van der Waals surface area (Å²) in [5, 5.41) is 6.38. The van der Waals surface area contributed by atoms with Gasteiger partial charge < -0.3 is 20.3 Å². The molecule has 7 heteroatoms. The van der Waals surface area contributed by atoms with Crippen molar-refractivity contribution >= 4 is 23.6 Å². The molecule has 0 unspecified atom stereocenters. The van der Waals surface area contributed by atoms with Gasteiger partial charge in [0.05, 0.1) is 12.7 Å².